The van der Waals surface area contributed by atoms with Crippen molar-refractivity contribution in [2.75, 3.05) is 6.54 Å². The summed E-state index contributed by atoms with van der Waals surface area (Å²) in [6.45, 7) is 2.19. The van der Waals surface area contributed by atoms with E-state index in [0.717, 1.165) is 5.56 Å². The molecule has 2 nitrogen and oxygen atoms in total. The van der Waals surface area contributed by atoms with E-state index in [9.17, 15) is 8.78 Å². The maximum Gasteiger partial charge on any atom is 0.124 e. The smallest absolute Gasteiger partial charge is 0.124 e. The second kappa shape index (κ2) is 6.87. The number of rotatable bonds is 3. The first-order valence-corrected chi connectivity index (χ1v) is 6.46. The summed E-state index contributed by atoms with van der Waals surface area (Å²) < 4.78 is 31.9. The molecule has 4 heteroatoms. The number of hydrogen-bond donors (Lipinski definition) is 1. The normalized spacial score (nSPS) is 9.90. The fraction of sp³-hybridized carbons (Fsp3) is 0.176. The van der Waals surface area contributed by atoms with Gasteiger partial charge in [0, 0.05) is 11.1 Å². The second-order valence-electron chi connectivity index (χ2n) is 4.51. The molecule has 2 aromatic carbocycles. The van der Waals surface area contributed by atoms with Crippen LogP contribution in [0.1, 0.15) is 16.7 Å². The Labute approximate surface area is 122 Å². The number of halogens is 2. The zero-order valence-corrected chi connectivity index (χ0v) is 11.6. The van der Waals surface area contributed by atoms with E-state index in [1.54, 1.807) is 19.1 Å². The zero-order chi connectivity index (χ0) is 15.2. The Hall–Kier alpha value is -2.38. The number of hydrogen-bond acceptors (Lipinski definition) is 2. The van der Waals surface area contributed by atoms with Crippen molar-refractivity contribution in [2.24, 2.45) is 5.73 Å². The van der Waals surface area contributed by atoms with E-state index in [0.29, 0.717) is 16.9 Å². The van der Waals surface area contributed by atoms with Gasteiger partial charge in [-0.25, -0.2) is 8.78 Å². The first-order valence-electron chi connectivity index (χ1n) is 6.46. The zero-order valence-electron chi connectivity index (χ0n) is 11.6. The fourth-order valence-corrected chi connectivity index (χ4v) is 1.87. The van der Waals surface area contributed by atoms with Gasteiger partial charge in [-0.15, -0.1) is 0 Å². The van der Waals surface area contributed by atoms with Crippen LogP contribution in [0.25, 0.3) is 0 Å². The lowest BCUT2D eigenvalue weighted by Gasteiger charge is -2.10. The molecule has 0 heterocycles. The van der Waals surface area contributed by atoms with Crippen LogP contribution in [0.2, 0.25) is 0 Å². The van der Waals surface area contributed by atoms with Crippen LogP contribution in [0.5, 0.6) is 5.75 Å². The first kappa shape index (κ1) is 15.0. The maximum atomic E-state index is 13.3. The minimum atomic E-state index is -0.363. The molecule has 21 heavy (non-hydrogen) atoms. The van der Waals surface area contributed by atoms with Gasteiger partial charge >= 0.3 is 0 Å². The van der Waals surface area contributed by atoms with Gasteiger partial charge in [0.15, 0.2) is 0 Å². The molecule has 0 aliphatic rings. The van der Waals surface area contributed by atoms with Gasteiger partial charge < -0.3 is 10.5 Å². The Bertz CT molecular complexity index is 702. The highest BCUT2D eigenvalue weighted by Crippen LogP contribution is 2.20. The third-order valence-electron chi connectivity index (χ3n) is 2.92. The van der Waals surface area contributed by atoms with Crippen molar-refractivity contribution in [1.82, 2.24) is 0 Å². The van der Waals surface area contributed by atoms with Crippen molar-refractivity contribution in [3.63, 3.8) is 0 Å². The monoisotopic (exact) mass is 287 g/mol. The van der Waals surface area contributed by atoms with E-state index in [4.69, 9.17) is 10.5 Å². The molecule has 0 aliphatic heterocycles. The molecule has 2 N–H and O–H groups in total. The van der Waals surface area contributed by atoms with E-state index in [2.05, 4.69) is 11.8 Å². The van der Waals surface area contributed by atoms with Gasteiger partial charge in [0.2, 0.25) is 0 Å². The summed E-state index contributed by atoms with van der Waals surface area (Å²) in [5.41, 5.74) is 7.32. The first-order chi connectivity index (χ1) is 10.1. The molecule has 0 aliphatic carbocycles. The predicted octanol–water partition coefficient (Wildman–Crippen LogP) is 3.16. The Morgan fingerprint density at radius 2 is 1.81 bits per heavy atom. The molecule has 0 bridgehead atoms. The van der Waals surface area contributed by atoms with Gasteiger partial charge in [0.1, 0.15) is 24.0 Å². The summed E-state index contributed by atoms with van der Waals surface area (Å²) in [4.78, 5) is 0. The number of benzene rings is 2. The number of nitrogens with two attached hydrogens (primary N) is 1. The highest BCUT2D eigenvalue weighted by molar-refractivity contribution is 5.42. The summed E-state index contributed by atoms with van der Waals surface area (Å²) in [6.07, 6.45) is 0. The largest absolute Gasteiger partial charge is 0.489 e. The van der Waals surface area contributed by atoms with Crippen LogP contribution in [0.15, 0.2) is 36.4 Å². The summed E-state index contributed by atoms with van der Waals surface area (Å²) in [5.74, 6) is 5.42. The number of aryl methyl sites for hydroxylation is 1. The third kappa shape index (κ3) is 4.04. The molecule has 2 aromatic rings. The summed E-state index contributed by atoms with van der Waals surface area (Å²) >= 11 is 0. The van der Waals surface area contributed by atoms with Crippen LogP contribution in [-0.2, 0) is 6.61 Å². The standard InChI is InChI=1S/C17H15F2NO/c1-12-9-15(18)6-7-17(12)21-11-14-4-5-16(19)10-13(14)3-2-8-20/h4-7,9-10H,8,11,20H2,1H3. The van der Waals surface area contributed by atoms with Crippen molar-refractivity contribution < 1.29 is 13.5 Å². The molecule has 0 spiro atoms. The molecule has 0 amide bonds. The molecule has 0 saturated heterocycles. The van der Waals surface area contributed by atoms with Crippen LogP contribution in [0.4, 0.5) is 8.78 Å². The summed E-state index contributed by atoms with van der Waals surface area (Å²) in [5, 5.41) is 0. The van der Waals surface area contributed by atoms with E-state index in [1.807, 2.05) is 0 Å². The Balaban J connectivity index is 2.19. The second-order valence-corrected chi connectivity index (χ2v) is 4.51. The van der Waals surface area contributed by atoms with Gasteiger partial charge in [-0.05, 0) is 42.8 Å². The highest BCUT2D eigenvalue weighted by Gasteiger charge is 2.06. The van der Waals surface area contributed by atoms with Crippen LogP contribution >= 0.6 is 0 Å². The van der Waals surface area contributed by atoms with Crippen LogP contribution < -0.4 is 10.5 Å². The lowest BCUT2D eigenvalue weighted by atomic mass is 10.1. The van der Waals surface area contributed by atoms with Crippen molar-refractivity contribution in [2.45, 2.75) is 13.5 Å². The lowest BCUT2D eigenvalue weighted by molar-refractivity contribution is 0.303. The molecule has 0 aromatic heterocycles. The van der Waals surface area contributed by atoms with Crippen LogP contribution in [0, 0.1) is 30.4 Å². The van der Waals surface area contributed by atoms with Crippen molar-refractivity contribution in [3.05, 3.63) is 64.7 Å². The molecular weight excluding hydrogens is 272 g/mol. The molecule has 2 rings (SSSR count). The van der Waals surface area contributed by atoms with E-state index in [1.165, 1.54) is 24.3 Å². The molecule has 0 unspecified atom stereocenters. The van der Waals surface area contributed by atoms with Crippen LogP contribution in [-0.4, -0.2) is 6.54 Å². The molecule has 108 valence electrons. The van der Waals surface area contributed by atoms with Gasteiger partial charge in [0.25, 0.3) is 0 Å². The minimum absolute atomic E-state index is 0.202. The van der Waals surface area contributed by atoms with E-state index >= 15 is 0 Å². The molecule has 0 saturated carbocycles. The molecule has 0 radical (unpaired) electrons. The summed E-state index contributed by atoms with van der Waals surface area (Å²) in [6, 6.07) is 8.62. The van der Waals surface area contributed by atoms with Crippen molar-refractivity contribution in [3.8, 4) is 17.6 Å². The average molecular weight is 287 g/mol. The maximum absolute atomic E-state index is 13.3. The molecule has 0 atom stereocenters. The van der Waals surface area contributed by atoms with Gasteiger partial charge in [-0.2, -0.15) is 0 Å². The Kier molecular flexibility index (Phi) is 4.91. The highest BCUT2D eigenvalue weighted by atomic mass is 19.1. The van der Waals surface area contributed by atoms with Gasteiger partial charge in [-0.1, -0.05) is 17.9 Å². The summed E-state index contributed by atoms with van der Waals surface area (Å²) in [7, 11) is 0. The van der Waals surface area contributed by atoms with Crippen molar-refractivity contribution >= 4 is 0 Å². The van der Waals surface area contributed by atoms with E-state index in [-0.39, 0.29) is 24.8 Å². The third-order valence-corrected chi connectivity index (χ3v) is 2.92. The van der Waals surface area contributed by atoms with Gasteiger partial charge in [0.05, 0.1) is 6.54 Å². The Morgan fingerprint density at radius 3 is 2.52 bits per heavy atom. The van der Waals surface area contributed by atoms with Gasteiger partial charge in [-0.3, -0.25) is 0 Å². The lowest BCUT2D eigenvalue weighted by Crippen LogP contribution is -2.01. The van der Waals surface area contributed by atoms with Crippen LogP contribution in [0.3, 0.4) is 0 Å². The topological polar surface area (TPSA) is 35.2 Å². The van der Waals surface area contributed by atoms with E-state index < -0.39 is 0 Å². The molecular formula is C17H15F2NO. The minimum Gasteiger partial charge on any atom is -0.489 e. The predicted molar refractivity (Wildman–Crippen MR) is 77.8 cm³/mol. The SMILES string of the molecule is Cc1cc(F)ccc1OCc1ccc(F)cc1C#CCN. The quantitative estimate of drug-likeness (QED) is 0.880. The number of ether oxygens (including phenoxy) is 1. The average Bonchev–Trinajstić information content (AvgIpc) is 2.45. The molecule has 0 fully saturated rings. The fourth-order valence-electron chi connectivity index (χ4n) is 1.87. The van der Waals surface area contributed by atoms with Crippen molar-refractivity contribution in [1.29, 1.82) is 0 Å². The Morgan fingerprint density at radius 1 is 1.10 bits per heavy atom.